The molecule has 1 fully saturated rings. The molecule has 0 aliphatic carbocycles. The van der Waals surface area contributed by atoms with Crippen LogP contribution in [0.3, 0.4) is 0 Å². The van der Waals surface area contributed by atoms with E-state index in [9.17, 15) is 33.9 Å². The minimum absolute atomic E-state index is 0.0187. The van der Waals surface area contributed by atoms with E-state index in [2.05, 4.69) is 31.2 Å². The van der Waals surface area contributed by atoms with Gasteiger partial charge in [0.2, 0.25) is 23.6 Å². The van der Waals surface area contributed by atoms with Crippen LogP contribution in [0.1, 0.15) is 44.2 Å². The number of hydrogen-bond acceptors (Lipinski definition) is 8. The van der Waals surface area contributed by atoms with Gasteiger partial charge in [-0.15, -0.1) is 0 Å². The van der Waals surface area contributed by atoms with Crippen molar-refractivity contribution in [2.45, 2.75) is 69.1 Å². The lowest BCUT2D eigenvalue weighted by molar-refractivity contribution is -0.143. The number of imidazole rings is 1. The normalized spacial score (nSPS) is 17.4. The van der Waals surface area contributed by atoms with Gasteiger partial charge in [0.05, 0.1) is 12.4 Å². The summed E-state index contributed by atoms with van der Waals surface area (Å²) in [6.45, 7) is 0.664. The lowest BCUT2D eigenvalue weighted by Crippen LogP contribution is -2.57. The van der Waals surface area contributed by atoms with Crippen molar-refractivity contribution in [1.82, 2.24) is 31.2 Å². The quantitative estimate of drug-likeness (QED) is 0.122. The van der Waals surface area contributed by atoms with Gasteiger partial charge < -0.3 is 42.2 Å². The number of primary amides is 1. The number of carbonyl (C=O) groups excluding carboxylic acids is 4. The summed E-state index contributed by atoms with van der Waals surface area (Å²) >= 11 is 0. The molecule has 0 spiro atoms. The summed E-state index contributed by atoms with van der Waals surface area (Å²) in [6, 6.07) is -4.49. The first-order chi connectivity index (χ1) is 17.1. The van der Waals surface area contributed by atoms with Gasteiger partial charge >= 0.3 is 11.9 Å². The maximum atomic E-state index is 13.1. The van der Waals surface area contributed by atoms with Gasteiger partial charge in [0.25, 0.3) is 0 Å². The number of amides is 4. The molecule has 15 nitrogen and oxygen atoms in total. The van der Waals surface area contributed by atoms with Gasteiger partial charge in [-0.1, -0.05) is 0 Å². The van der Waals surface area contributed by atoms with Crippen LogP contribution in [0.4, 0.5) is 0 Å². The molecule has 198 valence electrons. The Labute approximate surface area is 206 Å². The highest BCUT2D eigenvalue weighted by Crippen LogP contribution is 2.08. The van der Waals surface area contributed by atoms with E-state index < -0.39 is 66.2 Å². The van der Waals surface area contributed by atoms with Crippen LogP contribution in [0, 0.1) is 0 Å². The molecular weight excluding hydrogens is 478 g/mol. The molecule has 4 unspecified atom stereocenters. The fourth-order valence-corrected chi connectivity index (χ4v) is 3.63. The standard InChI is InChI=1S/C21H31N7O8/c22-16(29)5-3-13(19(33)27-14(21(35)36)4-6-17(30)31)26-20(34)15(8-11-9-23-10-25-11)28-18(32)12-2-1-7-24-12/h9-10,12-15,24H,1-8H2,(H2,22,29)(H,23,25)(H,26,34)(H,27,33)(H,28,32)(H,30,31)(H,35,36). The first-order valence-corrected chi connectivity index (χ1v) is 11.4. The monoisotopic (exact) mass is 509 g/mol. The van der Waals surface area contributed by atoms with Gasteiger partial charge in [-0.05, 0) is 32.2 Å². The molecule has 1 aromatic rings. The van der Waals surface area contributed by atoms with Gasteiger partial charge in [-0.2, -0.15) is 0 Å². The van der Waals surface area contributed by atoms with Crippen molar-refractivity contribution in [2.75, 3.05) is 6.54 Å². The Kier molecular flexibility index (Phi) is 10.8. The van der Waals surface area contributed by atoms with Crippen molar-refractivity contribution in [3.05, 3.63) is 18.2 Å². The Morgan fingerprint density at radius 3 is 2.22 bits per heavy atom. The highest BCUT2D eigenvalue weighted by Gasteiger charge is 2.32. The maximum absolute atomic E-state index is 13.1. The van der Waals surface area contributed by atoms with Crippen LogP contribution in [0.25, 0.3) is 0 Å². The fourth-order valence-electron chi connectivity index (χ4n) is 3.63. The van der Waals surface area contributed by atoms with E-state index in [1.54, 1.807) is 0 Å². The average Bonchev–Trinajstić information content (AvgIpc) is 3.52. The van der Waals surface area contributed by atoms with Gasteiger partial charge in [0.1, 0.15) is 18.1 Å². The van der Waals surface area contributed by atoms with Crippen LogP contribution in [0.15, 0.2) is 12.5 Å². The Morgan fingerprint density at radius 2 is 1.67 bits per heavy atom. The minimum atomic E-state index is -1.53. The molecule has 0 radical (unpaired) electrons. The van der Waals surface area contributed by atoms with Crippen LogP contribution in [-0.4, -0.2) is 86.5 Å². The smallest absolute Gasteiger partial charge is 0.326 e. The summed E-state index contributed by atoms with van der Waals surface area (Å²) in [5.74, 6) is -5.55. The largest absolute Gasteiger partial charge is 0.481 e. The first-order valence-electron chi connectivity index (χ1n) is 11.4. The molecule has 1 aliphatic heterocycles. The molecule has 1 saturated heterocycles. The van der Waals surface area contributed by atoms with Crippen molar-refractivity contribution in [2.24, 2.45) is 5.73 Å². The number of aliphatic carboxylic acids is 2. The highest BCUT2D eigenvalue weighted by atomic mass is 16.4. The number of rotatable bonds is 15. The molecular formula is C21H31N7O8. The number of nitrogens with zero attached hydrogens (tertiary/aromatic N) is 1. The summed E-state index contributed by atoms with van der Waals surface area (Å²) in [5.41, 5.74) is 5.71. The number of nitrogens with two attached hydrogens (primary N) is 1. The number of carboxylic acids is 2. The number of aromatic amines is 1. The number of H-pyrrole nitrogens is 1. The molecule has 4 atom stereocenters. The third kappa shape index (κ3) is 9.32. The zero-order valence-electron chi connectivity index (χ0n) is 19.5. The van der Waals surface area contributed by atoms with Crippen molar-refractivity contribution in [1.29, 1.82) is 0 Å². The van der Waals surface area contributed by atoms with Gasteiger partial charge in [0, 0.05) is 31.2 Å². The zero-order chi connectivity index (χ0) is 26.7. The molecule has 2 heterocycles. The summed E-state index contributed by atoms with van der Waals surface area (Å²) in [7, 11) is 0. The number of aromatic nitrogens is 2. The second-order valence-corrected chi connectivity index (χ2v) is 8.39. The average molecular weight is 510 g/mol. The van der Waals surface area contributed by atoms with Crippen LogP contribution in [0.2, 0.25) is 0 Å². The summed E-state index contributed by atoms with van der Waals surface area (Å²) in [6.07, 6.45) is 2.85. The topological polar surface area (TPSA) is 246 Å². The molecule has 4 amide bonds. The van der Waals surface area contributed by atoms with E-state index >= 15 is 0 Å². The Bertz CT molecular complexity index is 946. The molecule has 1 aliphatic rings. The number of nitrogens with one attached hydrogen (secondary N) is 5. The molecule has 0 saturated carbocycles. The molecule has 2 rings (SSSR count). The van der Waals surface area contributed by atoms with E-state index in [0.29, 0.717) is 18.7 Å². The maximum Gasteiger partial charge on any atom is 0.326 e. The van der Waals surface area contributed by atoms with Crippen LogP contribution in [0.5, 0.6) is 0 Å². The van der Waals surface area contributed by atoms with Gasteiger partial charge in [0.15, 0.2) is 0 Å². The van der Waals surface area contributed by atoms with Gasteiger partial charge in [-0.25, -0.2) is 9.78 Å². The second kappa shape index (κ2) is 13.8. The van der Waals surface area contributed by atoms with Gasteiger partial charge in [-0.3, -0.25) is 24.0 Å². The molecule has 0 bridgehead atoms. The van der Waals surface area contributed by atoms with E-state index in [-0.39, 0.29) is 25.7 Å². The lowest BCUT2D eigenvalue weighted by atomic mass is 10.1. The predicted octanol–water partition coefficient (Wildman–Crippen LogP) is -2.63. The molecule has 15 heteroatoms. The third-order valence-corrected chi connectivity index (χ3v) is 5.56. The Hall–Kier alpha value is -4.01. The van der Waals surface area contributed by atoms with Crippen molar-refractivity contribution in [3.8, 4) is 0 Å². The number of carboxylic acid groups (broad SMARTS) is 2. The summed E-state index contributed by atoms with van der Waals surface area (Å²) in [5, 5.41) is 28.5. The van der Waals surface area contributed by atoms with Crippen molar-refractivity contribution < 1.29 is 39.0 Å². The fraction of sp³-hybridized carbons (Fsp3) is 0.571. The molecule has 1 aromatic heterocycles. The number of carbonyl (C=O) groups is 6. The van der Waals surface area contributed by atoms with Crippen LogP contribution >= 0.6 is 0 Å². The third-order valence-electron chi connectivity index (χ3n) is 5.56. The van der Waals surface area contributed by atoms with E-state index in [1.807, 2.05) is 0 Å². The SMILES string of the molecule is NC(=O)CCC(NC(=O)C(Cc1cnc[nH]1)NC(=O)C1CCCN1)C(=O)NC(CCC(=O)O)C(=O)O. The molecule has 9 N–H and O–H groups in total. The van der Waals surface area contributed by atoms with Crippen molar-refractivity contribution in [3.63, 3.8) is 0 Å². The van der Waals surface area contributed by atoms with E-state index in [4.69, 9.17) is 10.8 Å². The number of hydrogen-bond donors (Lipinski definition) is 8. The van der Waals surface area contributed by atoms with E-state index in [0.717, 1.165) is 6.42 Å². The molecule has 36 heavy (non-hydrogen) atoms. The Morgan fingerprint density at radius 1 is 1.00 bits per heavy atom. The van der Waals surface area contributed by atoms with E-state index in [1.165, 1.54) is 12.5 Å². The lowest BCUT2D eigenvalue weighted by Gasteiger charge is -2.25. The van der Waals surface area contributed by atoms with Crippen LogP contribution < -0.4 is 27.0 Å². The first kappa shape index (κ1) is 28.2. The minimum Gasteiger partial charge on any atom is -0.481 e. The highest BCUT2D eigenvalue weighted by molar-refractivity contribution is 5.94. The summed E-state index contributed by atoms with van der Waals surface area (Å²) in [4.78, 5) is 78.9. The zero-order valence-corrected chi connectivity index (χ0v) is 19.5. The second-order valence-electron chi connectivity index (χ2n) is 8.39. The Balaban J connectivity index is 2.15. The summed E-state index contributed by atoms with van der Waals surface area (Å²) < 4.78 is 0. The molecule has 0 aromatic carbocycles. The van der Waals surface area contributed by atoms with Crippen molar-refractivity contribution >= 4 is 35.6 Å². The predicted molar refractivity (Wildman–Crippen MR) is 122 cm³/mol. The van der Waals surface area contributed by atoms with Crippen LogP contribution in [-0.2, 0) is 35.2 Å².